The fourth-order valence-electron chi connectivity index (χ4n) is 4.19. The van der Waals surface area contributed by atoms with Crippen molar-refractivity contribution >= 4 is 5.91 Å². The van der Waals surface area contributed by atoms with E-state index >= 15 is 0 Å². The van der Waals surface area contributed by atoms with Crippen molar-refractivity contribution in [3.63, 3.8) is 0 Å². The van der Waals surface area contributed by atoms with Crippen molar-refractivity contribution in [2.75, 3.05) is 6.54 Å². The van der Waals surface area contributed by atoms with Crippen molar-refractivity contribution in [3.05, 3.63) is 83.6 Å². The molecule has 4 heteroatoms. The molecule has 1 aliphatic heterocycles. The van der Waals surface area contributed by atoms with Crippen LogP contribution in [-0.2, 0) is 16.6 Å². The lowest BCUT2D eigenvalue weighted by atomic mass is 9.95. The van der Waals surface area contributed by atoms with E-state index in [0.29, 0.717) is 6.54 Å². The Labute approximate surface area is 170 Å². The molecule has 1 aliphatic carbocycles. The Morgan fingerprint density at radius 1 is 1.10 bits per heavy atom. The zero-order chi connectivity index (χ0) is 19.8. The first kappa shape index (κ1) is 17.9. The average Bonchev–Trinajstić information content (AvgIpc) is 3.46. The normalized spacial score (nSPS) is 18.6. The standard InChI is InChI=1S/C25H24N2O2/c1-17-10-11-22(26-15-17)21-9-5-6-18-14-20(29-23(18)21)16-27-24(28)25(12-13-25)19-7-3-2-4-8-19/h2-11,15,20H,12-14,16H2,1H3,(H,27,28)/t20-/m1/s1. The number of para-hydroxylation sites is 1. The van der Waals surface area contributed by atoms with Gasteiger partial charge < -0.3 is 10.1 Å². The van der Waals surface area contributed by atoms with E-state index in [1.165, 1.54) is 5.56 Å². The highest BCUT2D eigenvalue weighted by Crippen LogP contribution is 2.48. The number of benzene rings is 2. The van der Waals surface area contributed by atoms with Gasteiger partial charge in [-0.25, -0.2) is 0 Å². The number of ether oxygens (including phenoxy) is 1. The number of amides is 1. The lowest BCUT2D eigenvalue weighted by molar-refractivity contribution is -0.123. The summed E-state index contributed by atoms with van der Waals surface area (Å²) in [7, 11) is 0. The highest BCUT2D eigenvalue weighted by Gasteiger charge is 2.51. The summed E-state index contributed by atoms with van der Waals surface area (Å²) in [5.74, 6) is 1.01. The lowest BCUT2D eigenvalue weighted by Crippen LogP contribution is -2.40. The number of nitrogens with one attached hydrogen (secondary N) is 1. The van der Waals surface area contributed by atoms with Crippen LogP contribution in [0.1, 0.15) is 29.5 Å². The third kappa shape index (κ3) is 3.29. The number of fused-ring (bicyclic) bond motifs is 1. The molecule has 29 heavy (non-hydrogen) atoms. The highest BCUT2D eigenvalue weighted by molar-refractivity contribution is 5.91. The topological polar surface area (TPSA) is 51.2 Å². The van der Waals surface area contributed by atoms with Crippen molar-refractivity contribution in [1.82, 2.24) is 10.3 Å². The van der Waals surface area contributed by atoms with E-state index < -0.39 is 0 Å². The van der Waals surface area contributed by atoms with E-state index in [1.807, 2.05) is 43.5 Å². The zero-order valence-corrected chi connectivity index (χ0v) is 16.5. The van der Waals surface area contributed by atoms with Gasteiger partial charge in [-0.2, -0.15) is 0 Å². The smallest absolute Gasteiger partial charge is 0.230 e. The summed E-state index contributed by atoms with van der Waals surface area (Å²) in [4.78, 5) is 17.5. The average molecular weight is 384 g/mol. The van der Waals surface area contributed by atoms with Crippen LogP contribution < -0.4 is 10.1 Å². The fourth-order valence-corrected chi connectivity index (χ4v) is 4.19. The van der Waals surface area contributed by atoms with Crippen LogP contribution in [0.2, 0.25) is 0 Å². The zero-order valence-electron chi connectivity index (χ0n) is 16.5. The minimum atomic E-state index is -0.344. The Bertz CT molecular complexity index is 1040. The molecule has 5 rings (SSSR count). The van der Waals surface area contributed by atoms with Crippen LogP contribution in [0.25, 0.3) is 11.3 Å². The van der Waals surface area contributed by atoms with Crippen molar-refractivity contribution in [1.29, 1.82) is 0 Å². The molecule has 0 unspecified atom stereocenters. The van der Waals surface area contributed by atoms with E-state index in [-0.39, 0.29) is 17.4 Å². The van der Waals surface area contributed by atoms with Gasteiger partial charge in [-0.05, 0) is 48.6 Å². The summed E-state index contributed by atoms with van der Waals surface area (Å²) in [5.41, 5.74) is 5.01. The predicted octanol–water partition coefficient (Wildman–Crippen LogP) is 4.21. The Balaban J connectivity index is 1.28. The first-order chi connectivity index (χ1) is 14.2. The van der Waals surface area contributed by atoms with E-state index in [9.17, 15) is 4.79 Å². The summed E-state index contributed by atoms with van der Waals surface area (Å²) >= 11 is 0. The molecule has 0 spiro atoms. The highest BCUT2D eigenvalue weighted by atomic mass is 16.5. The van der Waals surface area contributed by atoms with Crippen LogP contribution in [-0.4, -0.2) is 23.5 Å². The Kier molecular flexibility index (Phi) is 4.35. The monoisotopic (exact) mass is 384 g/mol. The van der Waals surface area contributed by atoms with Crippen molar-refractivity contribution < 1.29 is 9.53 Å². The van der Waals surface area contributed by atoms with Gasteiger partial charge in [0.15, 0.2) is 0 Å². The first-order valence-corrected chi connectivity index (χ1v) is 10.2. The summed E-state index contributed by atoms with van der Waals surface area (Å²) in [5, 5.41) is 3.15. The number of hydrogen-bond donors (Lipinski definition) is 1. The van der Waals surface area contributed by atoms with Gasteiger partial charge in [0.05, 0.1) is 17.7 Å². The van der Waals surface area contributed by atoms with Gasteiger partial charge >= 0.3 is 0 Å². The second-order valence-corrected chi connectivity index (χ2v) is 8.12. The van der Waals surface area contributed by atoms with Crippen LogP contribution in [0, 0.1) is 6.92 Å². The summed E-state index contributed by atoms with van der Waals surface area (Å²) in [6.07, 6.45) is 4.45. The molecule has 2 aliphatic rings. The number of aromatic nitrogens is 1. The van der Waals surface area contributed by atoms with Crippen molar-refractivity contribution in [2.24, 2.45) is 0 Å². The number of hydrogen-bond acceptors (Lipinski definition) is 3. The molecule has 146 valence electrons. The fraction of sp³-hybridized carbons (Fsp3) is 0.280. The van der Waals surface area contributed by atoms with Crippen LogP contribution >= 0.6 is 0 Å². The molecule has 1 N–H and O–H groups in total. The number of nitrogens with zero attached hydrogens (tertiary/aromatic N) is 1. The lowest BCUT2D eigenvalue weighted by Gasteiger charge is -2.18. The molecule has 0 bridgehead atoms. The Hall–Kier alpha value is -3.14. The maximum absolute atomic E-state index is 12.9. The molecule has 1 saturated carbocycles. The SMILES string of the molecule is Cc1ccc(-c2cccc3c2O[C@@H](CNC(=O)C2(c4ccccc4)CC2)C3)nc1. The van der Waals surface area contributed by atoms with Crippen LogP contribution in [0.15, 0.2) is 66.9 Å². The molecule has 1 atom stereocenters. The van der Waals surface area contributed by atoms with E-state index in [1.54, 1.807) is 0 Å². The second kappa shape index (κ2) is 7.03. The summed E-state index contributed by atoms with van der Waals surface area (Å²) < 4.78 is 6.26. The molecule has 1 fully saturated rings. The number of rotatable bonds is 5. The minimum Gasteiger partial charge on any atom is -0.487 e. The number of carbonyl (C=O) groups is 1. The molecular formula is C25H24N2O2. The maximum Gasteiger partial charge on any atom is 0.230 e. The van der Waals surface area contributed by atoms with Crippen LogP contribution in [0.5, 0.6) is 5.75 Å². The van der Waals surface area contributed by atoms with Crippen LogP contribution in [0.4, 0.5) is 0 Å². The third-order valence-corrected chi connectivity index (χ3v) is 6.02. The predicted molar refractivity (Wildman–Crippen MR) is 113 cm³/mol. The van der Waals surface area contributed by atoms with E-state index in [4.69, 9.17) is 4.74 Å². The van der Waals surface area contributed by atoms with Gasteiger partial charge in [0, 0.05) is 18.2 Å². The number of aryl methyl sites for hydroxylation is 1. The molecule has 2 aromatic carbocycles. The van der Waals surface area contributed by atoms with E-state index in [2.05, 4.69) is 40.6 Å². The molecule has 1 amide bonds. The van der Waals surface area contributed by atoms with Crippen molar-refractivity contribution in [3.8, 4) is 17.0 Å². The number of carbonyl (C=O) groups excluding carboxylic acids is 1. The molecule has 0 saturated heterocycles. The molecule has 0 radical (unpaired) electrons. The van der Waals surface area contributed by atoms with Gasteiger partial charge in [-0.15, -0.1) is 0 Å². The molecule has 2 heterocycles. The quantitative estimate of drug-likeness (QED) is 0.717. The van der Waals surface area contributed by atoms with Gasteiger partial charge in [0.2, 0.25) is 5.91 Å². The molecule has 1 aromatic heterocycles. The molecular weight excluding hydrogens is 360 g/mol. The van der Waals surface area contributed by atoms with E-state index in [0.717, 1.165) is 47.4 Å². The number of pyridine rings is 1. The largest absolute Gasteiger partial charge is 0.487 e. The minimum absolute atomic E-state index is 0.0490. The van der Waals surface area contributed by atoms with Gasteiger partial charge in [0.25, 0.3) is 0 Å². The van der Waals surface area contributed by atoms with Gasteiger partial charge in [-0.3, -0.25) is 9.78 Å². The van der Waals surface area contributed by atoms with Crippen molar-refractivity contribution in [2.45, 2.75) is 37.7 Å². The Morgan fingerprint density at radius 2 is 1.93 bits per heavy atom. The third-order valence-electron chi connectivity index (χ3n) is 6.02. The molecule has 4 nitrogen and oxygen atoms in total. The maximum atomic E-state index is 12.9. The molecule has 3 aromatic rings. The summed E-state index contributed by atoms with van der Waals surface area (Å²) in [6, 6.07) is 20.4. The van der Waals surface area contributed by atoms with Gasteiger partial charge in [0.1, 0.15) is 11.9 Å². The van der Waals surface area contributed by atoms with Gasteiger partial charge in [-0.1, -0.05) is 48.5 Å². The first-order valence-electron chi connectivity index (χ1n) is 10.2. The second-order valence-electron chi connectivity index (χ2n) is 8.12. The summed E-state index contributed by atoms with van der Waals surface area (Å²) in [6.45, 7) is 2.55. The van der Waals surface area contributed by atoms with Crippen LogP contribution in [0.3, 0.4) is 0 Å². The Morgan fingerprint density at radius 3 is 2.66 bits per heavy atom.